The minimum atomic E-state index is 0.233. The lowest BCUT2D eigenvalue weighted by molar-refractivity contribution is 0.302. The molecule has 2 aromatic rings. The Morgan fingerprint density at radius 3 is 2.22 bits per heavy atom. The number of hydrogen-bond acceptors (Lipinski definition) is 6. The van der Waals surface area contributed by atoms with Crippen molar-refractivity contribution in [1.82, 2.24) is 25.1 Å². The van der Waals surface area contributed by atoms with Crippen LogP contribution in [0.15, 0.2) is 30.5 Å². The molecule has 0 amide bonds. The second-order valence-electron chi connectivity index (χ2n) is 10.1. The third-order valence-electron chi connectivity index (χ3n) is 7.04. The summed E-state index contributed by atoms with van der Waals surface area (Å²) in [5, 5.41) is 3.55. The number of piperidine rings is 1. The molecular formula is C26H40N6. The van der Waals surface area contributed by atoms with Gasteiger partial charge in [-0.1, -0.05) is 24.3 Å². The zero-order chi connectivity index (χ0) is 22.6. The van der Waals surface area contributed by atoms with Crippen LogP contribution in [-0.4, -0.2) is 87.2 Å². The molecule has 1 saturated heterocycles. The monoisotopic (exact) mass is 436 g/mol. The Balaban J connectivity index is 1.62. The summed E-state index contributed by atoms with van der Waals surface area (Å²) >= 11 is 0. The zero-order valence-electron chi connectivity index (χ0n) is 20.4. The topological polar surface area (TPSA) is 47.5 Å². The van der Waals surface area contributed by atoms with E-state index in [1.165, 1.54) is 29.5 Å². The van der Waals surface area contributed by atoms with Gasteiger partial charge >= 0.3 is 0 Å². The second kappa shape index (κ2) is 10.3. The molecule has 0 bridgehead atoms. The molecule has 2 heterocycles. The molecule has 0 unspecified atom stereocenters. The number of benzene rings is 1. The smallest absolute Gasteiger partial charge is 0.225 e. The van der Waals surface area contributed by atoms with Crippen LogP contribution in [0.2, 0.25) is 0 Å². The first kappa shape index (κ1) is 23.1. The Bertz CT molecular complexity index is 874. The van der Waals surface area contributed by atoms with Crippen LogP contribution in [0.5, 0.6) is 0 Å². The summed E-state index contributed by atoms with van der Waals surface area (Å²) < 4.78 is 0. The molecule has 32 heavy (non-hydrogen) atoms. The third-order valence-corrected chi connectivity index (χ3v) is 7.04. The lowest BCUT2D eigenvalue weighted by Gasteiger charge is -2.42. The van der Waals surface area contributed by atoms with Crippen LogP contribution in [0.3, 0.4) is 0 Å². The van der Waals surface area contributed by atoms with Crippen molar-refractivity contribution in [2.24, 2.45) is 0 Å². The van der Waals surface area contributed by atoms with Crippen LogP contribution in [0, 0.1) is 0 Å². The molecule has 1 fully saturated rings. The van der Waals surface area contributed by atoms with Crippen LogP contribution >= 0.6 is 0 Å². The van der Waals surface area contributed by atoms with Gasteiger partial charge in [0, 0.05) is 30.3 Å². The maximum Gasteiger partial charge on any atom is 0.225 e. The van der Waals surface area contributed by atoms with Gasteiger partial charge in [-0.05, 0) is 97.6 Å². The SMILES string of the molecule is CN(C)CCCN(CCCN(C)C)c1ncc2c(n1)-c1ccccc1C1(CCNCC1)C2. The Morgan fingerprint density at radius 1 is 0.906 bits per heavy atom. The van der Waals surface area contributed by atoms with E-state index >= 15 is 0 Å². The molecule has 2 aliphatic rings. The number of nitrogens with one attached hydrogen (secondary N) is 1. The van der Waals surface area contributed by atoms with E-state index in [0.29, 0.717) is 0 Å². The third kappa shape index (κ3) is 5.13. The van der Waals surface area contributed by atoms with Gasteiger partial charge in [0.15, 0.2) is 0 Å². The molecule has 1 aliphatic carbocycles. The highest BCUT2D eigenvalue weighted by atomic mass is 15.3. The lowest BCUT2D eigenvalue weighted by atomic mass is 9.64. The first-order valence-electron chi connectivity index (χ1n) is 12.2. The summed E-state index contributed by atoms with van der Waals surface area (Å²) in [6.07, 6.45) is 7.79. The molecule has 1 N–H and O–H groups in total. The van der Waals surface area contributed by atoms with Crippen LogP contribution in [-0.2, 0) is 11.8 Å². The highest BCUT2D eigenvalue weighted by Gasteiger charge is 2.40. The summed E-state index contributed by atoms with van der Waals surface area (Å²) in [6, 6.07) is 8.98. The largest absolute Gasteiger partial charge is 0.341 e. The number of hydrogen-bond donors (Lipinski definition) is 1. The van der Waals surface area contributed by atoms with Gasteiger partial charge in [-0.3, -0.25) is 0 Å². The summed E-state index contributed by atoms with van der Waals surface area (Å²) in [5.74, 6) is 0.886. The van der Waals surface area contributed by atoms with Gasteiger partial charge in [0.25, 0.3) is 0 Å². The van der Waals surface area contributed by atoms with Crippen molar-refractivity contribution < 1.29 is 0 Å². The minimum absolute atomic E-state index is 0.233. The number of fused-ring (bicyclic) bond motifs is 4. The molecule has 0 radical (unpaired) electrons. The quantitative estimate of drug-likeness (QED) is 0.652. The van der Waals surface area contributed by atoms with Crippen molar-refractivity contribution in [3.63, 3.8) is 0 Å². The minimum Gasteiger partial charge on any atom is -0.341 e. The molecule has 0 atom stereocenters. The highest BCUT2D eigenvalue weighted by Crippen LogP contribution is 2.47. The van der Waals surface area contributed by atoms with Crippen molar-refractivity contribution in [2.75, 3.05) is 72.4 Å². The predicted octanol–water partition coefficient (Wildman–Crippen LogP) is 3.03. The maximum absolute atomic E-state index is 5.20. The van der Waals surface area contributed by atoms with Gasteiger partial charge in [-0.25, -0.2) is 9.97 Å². The molecule has 1 spiro atoms. The fraction of sp³-hybridized carbons (Fsp3) is 0.615. The fourth-order valence-electron chi connectivity index (χ4n) is 5.34. The van der Waals surface area contributed by atoms with Crippen molar-refractivity contribution in [1.29, 1.82) is 0 Å². The van der Waals surface area contributed by atoms with E-state index in [9.17, 15) is 0 Å². The molecule has 174 valence electrons. The first-order valence-corrected chi connectivity index (χ1v) is 12.2. The molecule has 6 heteroatoms. The molecule has 1 aromatic carbocycles. The van der Waals surface area contributed by atoms with E-state index in [0.717, 1.165) is 70.2 Å². The number of anilines is 1. The average molecular weight is 437 g/mol. The van der Waals surface area contributed by atoms with E-state index in [1.807, 2.05) is 0 Å². The summed E-state index contributed by atoms with van der Waals surface area (Å²) in [5.41, 5.74) is 5.51. The van der Waals surface area contributed by atoms with Gasteiger partial charge in [0.2, 0.25) is 5.95 Å². The number of nitrogens with zero attached hydrogens (tertiary/aromatic N) is 5. The average Bonchev–Trinajstić information content (AvgIpc) is 2.78. The molecule has 4 rings (SSSR count). The molecule has 1 aliphatic heterocycles. The van der Waals surface area contributed by atoms with Crippen molar-refractivity contribution >= 4 is 5.95 Å². The second-order valence-corrected chi connectivity index (χ2v) is 10.1. The van der Waals surface area contributed by atoms with E-state index in [-0.39, 0.29) is 5.41 Å². The van der Waals surface area contributed by atoms with Crippen molar-refractivity contribution in [3.8, 4) is 11.3 Å². The Hall–Kier alpha value is -2.02. The summed E-state index contributed by atoms with van der Waals surface area (Å²) in [7, 11) is 8.55. The highest BCUT2D eigenvalue weighted by molar-refractivity contribution is 5.72. The molecular weight excluding hydrogens is 396 g/mol. The maximum atomic E-state index is 5.20. The van der Waals surface area contributed by atoms with E-state index in [1.54, 1.807) is 0 Å². The number of rotatable bonds is 9. The van der Waals surface area contributed by atoms with Crippen LogP contribution in [0.25, 0.3) is 11.3 Å². The van der Waals surface area contributed by atoms with Gasteiger partial charge in [0.05, 0.1) is 5.69 Å². The van der Waals surface area contributed by atoms with Crippen LogP contribution in [0.1, 0.15) is 36.8 Å². The number of aromatic nitrogens is 2. The van der Waals surface area contributed by atoms with Gasteiger partial charge < -0.3 is 20.0 Å². The van der Waals surface area contributed by atoms with Gasteiger partial charge in [0.1, 0.15) is 0 Å². The van der Waals surface area contributed by atoms with Crippen molar-refractivity contribution in [3.05, 3.63) is 41.6 Å². The predicted molar refractivity (Wildman–Crippen MR) is 134 cm³/mol. The van der Waals surface area contributed by atoms with Crippen LogP contribution < -0.4 is 10.2 Å². The Kier molecular flexibility index (Phi) is 7.44. The lowest BCUT2D eigenvalue weighted by Crippen LogP contribution is -2.43. The van der Waals surface area contributed by atoms with E-state index in [2.05, 4.69) is 78.7 Å². The van der Waals surface area contributed by atoms with Crippen LogP contribution in [0.4, 0.5) is 5.95 Å². The normalized spacial score (nSPS) is 16.9. The Morgan fingerprint density at radius 2 is 1.56 bits per heavy atom. The summed E-state index contributed by atoms with van der Waals surface area (Å²) in [4.78, 5) is 17.0. The van der Waals surface area contributed by atoms with Gasteiger partial charge in [-0.2, -0.15) is 0 Å². The van der Waals surface area contributed by atoms with Gasteiger partial charge in [-0.15, -0.1) is 0 Å². The molecule has 1 aromatic heterocycles. The van der Waals surface area contributed by atoms with Crippen molar-refractivity contribution in [2.45, 2.75) is 37.5 Å². The zero-order valence-corrected chi connectivity index (χ0v) is 20.4. The van der Waals surface area contributed by atoms with E-state index < -0.39 is 0 Å². The standard InChI is InChI=1S/C26H40N6/c1-30(2)15-7-17-32(18-8-16-31(3)4)25-28-20-21-19-26(11-13-27-14-12-26)23-10-6-5-9-22(23)24(21)29-25/h5-6,9-10,20,27H,7-8,11-19H2,1-4H3. The molecule has 6 nitrogen and oxygen atoms in total. The van der Waals surface area contributed by atoms with E-state index in [4.69, 9.17) is 9.97 Å². The summed E-state index contributed by atoms with van der Waals surface area (Å²) in [6.45, 7) is 6.31. The Labute approximate surface area is 194 Å². The molecule has 0 saturated carbocycles. The first-order chi connectivity index (χ1) is 15.5. The fourth-order valence-corrected chi connectivity index (χ4v) is 5.34.